The van der Waals surface area contributed by atoms with Crippen molar-refractivity contribution in [1.29, 1.82) is 0 Å². The minimum atomic E-state index is -0.876. The highest BCUT2D eigenvalue weighted by atomic mass is 35.5. The number of imide groups is 2. The van der Waals surface area contributed by atoms with Crippen LogP contribution in [0.5, 0.6) is 17.2 Å². The number of nitrogens with zero attached hydrogens (tertiary/aromatic N) is 4. The first-order valence-electron chi connectivity index (χ1n) is 13.2. The molecule has 0 N–H and O–H groups in total. The zero-order chi connectivity index (χ0) is 32.2. The highest BCUT2D eigenvalue weighted by Gasteiger charge is 2.43. The Kier molecular flexibility index (Phi) is 8.54. The highest BCUT2D eigenvalue weighted by Crippen LogP contribution is 2.43. The third-order valence-corrected chi connectivity index (χ3v) is 6.76. The van der Waals surface area contributed by atoms with Crippen molar-refractivity contribution in [2.75, 3.05) is 16.4 Å². The first kappa shape index (κ1) is 30.4. The number of nitro benzene ring substituents is 2. The summed E-state index contributed by atoms with van der Waals surface area (Å²) in [6, 6.07) is 20.9. The van der Waals surface area contributed by atoms with Gasteiger partial charge in [0.1, 0.15) is 5.57 Å². The number of benzene rings is 4. The molecule has 5 rings (SSSR count). The maximum Gasteiger partial charge on any atom is 0.343 e. The first-order valence-corrected chi connectivity index (χ1v) is 13.6. The molecule has 1 saturated heterocycles. The third kappa shape index (κ3) is 6.05. The standard InChI is InChI=1S/C31H21ClN4O9/c1-2-44-27-17-19(16-24(32)28(27)45-26-14-13-22(35(40)41)18-25(26)36(42)43)15-23-29(37)33(20-9-5-3-6-10-20)31(39)34(30(23)38)21-11-7-4-8-12-21/h3-18H,2H2,1H3. The van der Waals surface area contributed by atoms with Gasteiger partial charge in [0.05, 0.1) is 38.9 Å². The Morgan fingerprint density at radius 1 is 0.778 bits per heavy atom. The number of para-hydroxylation sites is 2. The minimum absolute atomic E-state index is 0.00360. The van der Waals surface area contributed by atoms with Crippen molar-refractivity contribution in [2.45, 2.75) is 6.92 Å². The zero-order valence-corrected chi connectivity index (χ0v) is 24.0. The highest BCUT2D eigenvalue weighted by molar-refractivity contribution is 6.46. The van der Waals surface area contributed by atoms with Crippen LogP contribution in [-0.4, -0.2) is 34.3 Å². The Balaban J connectivity index is 1.60. The summed E-state index contributed by atoms with van der Waals surface area (Å²) in [4.78, 5) is 63.8. The van der Waals surface area contributed by atoms with E-state index in [1.165, 1.54) is 18.2 Å². The molecule has 13 nitrogen and oxygen atoms in total. The van der Waals surface area contributed by atoms with Crippen LogP contribution in [0, 0.1) is 20.2 Å². The van der Waals surface area contributed by atoms with E-state index in [0.29, 0.717) is 0 Å². The molecule has 0 spiro atoms. The number of urea groups is 1. The van der Waals surface area contributed by atoms with Crippen molar-refractivity contribution in [3.63, 3.8) is 0 Å². The third-order valence-electron chi connectivity index (χ3n) is 6.48. The smallest absolute Gasteiger partial charge is 0.343 e. The molecule has 1 fully saturated rings. The summed E-state index contributed by atoms with van der Waals surface area (Å²) >= 11 is 6.54. The number of halogens is 1. The van der Waals surface area contributed by atoms with Gasteiger partial charge >= 0.3 is 11.7 Å². The van der Waals surface area contributed by atoms with Crippen LogP contribution in [0.15, 0.2) is 96.6 Å². The number of anilines is 2. The van der Waals surface area contributed by atoms with E-state index in [1.54, 1.807) is 67.6 Å². The van der Waals surface area contributed by atoms with E-state index >= 15 is 0 Å². The fourth-order valence-electron chi connectivity index (χ4n) is 4.50. The Morgan fingerprint density at radius 2 is 1.36 bits per heavy atom. The number of carbonyl (C=O) groups excluding carboxylic acids is 3. The van der Waals surface area contributed by atoms with E-state index in [9.17, 15) is 34.6 Å². The summed E-state index contributed by atoms with van der Waals surface area (Å²) in [7, 11) is 0. The van der Waals surface area contributed by atoms with Gasteiger partial charge in [-0.05, 0) is 61.0 Å². The quantitative estimate of drug-likeness (QED) is 0.0827. The van der Waals surface area contributed by atoms with E-state index in [-0.39, 0.29) is 51.4 Å². The molecule has 14 heteroatoms. The lowest BCUT2D eigenvalue weighted by Gasteiger charge is -2.34. The van der Waals surface area contributed by atoms with E-state index in [2.05, 4.69) is 0 Å². The Morgan fingerprint density at radius 3 is 1.87 bits per heavy atom. The number of hydrogen-bond acceptors (Lipinski definition) is 9. The van der Waals surface area contributed by atoms with Gasteiger partial charge in [0.15, 0.2) is 11.5 Å². The largest absolute Gasteiger partial charge is 0.490 e. The van der Waals surface area contributed by atoms with Gasteiger partial charge in [-0.1, -0.05) is 48.0 Å². The van der Waals surface area contributed by atoms with E-state index in [0.717, 1.165) is 28.0 Å². The second-order valence-electron chi connectivity index (χ2n) is 9.32. The number of barbiturate groups is 1. The average Bonchev–Trinajstić information content (AvgIpc) is 3.02. The number of nitro groups is 2. The molecule has 226 valence electrons. The molecule has 0 aliphatic carbocycles. The monoisotopic (exact) mass is 628 g/mol. The molecule has 0 bridgehead atoms. The van der Waals surface area contributed by atoms with Gasteiger partial charge in [-0.2, -0.15) is 0 Å². The second-order valence-corrected chi connectivity index (χ2v) is 9.73. The molecule has 45 heavy (non-hydrogen) atoms. The molecular weight excluding hydrogens is 608 g/mol. The molecule has 0 radical (unpaired) electrons. The average molecular weight is 629 g/mol. The van der Waals surface area contributed by atoms with Crippen molar-refractivity contribution >= 4 is 58.3 Å². The van der Waals surface area contributed by atoms with Crippen LogP contribution >= 0.6 is 11.6 Å². The fourth-order valence-corrected chi connectivity index (χ4v) is 4.75. The van der Waals surface area contributed by atoms with Crippen LogP contribution in [0.25, 0.3) is 6.08 Å². The molecular formula is C31H21ClN4O9. The molecule has 4 aromatic rings. The SMILES string of the molecule is CCOc1cc(C=C2C(=O)N(c3ccccc3)C(=O)N(c3ccccc3)C2=O)cc(Cl)c1Oc1ccc([N+](=O)[O-])cc1[N+](=O)[O-]. The lowest BCUT2D eigenvalue weighted by molar-refractivity contribution is -0.394. The van der Waals surface area contributed by atoms with Crippen molar-refractivity contribution in [3.8, 4) is 17.2 Å². The molecule has 1 heterocycles. The van der Waals surface area contributed by atoms with Crippen molar-refractivity contribution in [3.05, 3.63) is 127 Å². The Bertz CT molecular complexity index is 1820. The number of carbonyl (C=O) groups is 3. The molecule has 4 aromatic carbocycles. The van der Waals surface area contributed by atoms with Crippen LogP contribution < -0.4 is 19.3 Å². The predicted molar refractivity (Wildman–Crippen MR) is 164 cm³/mol. The number of non-ortho nitro benzene ring substituents is 1. The van der Waals surface area contributed by atoms with Gasteiger partial charge in [0.25, 0.3) is 17.5 Å². The van der Waals surface area contributed by atoms with Gasteiger partial charge in [-0.3, -0.25) is 29.8 Å². The Labute approximate surface area is 259 Å². The number of amides is 4. The number of hydrogen-bond donors (Lipinski definition) is 0. The van der Waals surface area contributed by atoms with Gasteiger partial charge < -0.3 is 9.47 Å². The lowest BCUT2D eigenvalue weighted by atomic mass is 10.0. The van der Waals surface area contributed by atoms with Crippen LogP contribution in [0.3, 0.4) is 0 Å². The minimum Gasteiger partial charge on any atom is -0.490 e. The van der Waals surface area contributed by atoms with Crippen molar-refractivity contribution < 1.29 is 33.7 Å². The van der Waals surface area contributed by atoms with Gasteiger partial charge in [-0.15, -0.1) is 0 Å². The van der Waals surface area contributed by atoms with Crippen LogP contribution in [-0.2, 0) is 9.59 Å². The summed E-state index contributed by atoms with van der Waals surface area (Å²) in [5.74, 6) is -2.24. The van der Waals surface area contributed by atoms with Crippen LogP contribution in [0.4, 0.5) is 27.5 Å². The summed E-state index contributed by atoms with van der Waals surface area (Å²) in [5.41, 5.74) is -0.858. The molecule has 0 unspecified atom stereocenters. The fraction of sp³-hybridized carbons (Fsp3) is 0.0645. The van der Waals surface area contributed by atoms with Crippen molar-refractivity contribution in [2.24, 2.45) is 0 Å². The van der Waals surface area contributed by atoms with Gasteiger partial charge in [-0.25, -0.2) is 14.6 Å². The van der Waals surface area contributed by atoms with E-state index < -0.39 is 39.1 Å². The maximum absolute atomic E-state index is 13.7. The first-order chi connectivity index (χ1) is 21.6. The Hall–Kier alpha value is -6.08. The summed E-state index contributed by atoms with van der Waals surface area (Å²) < 4.78 is 11.4. The van der Waals surface area contributed by atoms with Crippen LogP contribution in [0.1, 0.15) is 12.5 Å². The zero-order valence-electron chi connectivity index (χ0n) is 23.3. The summed E-state index contributed by atoms with van der Waals surface area (Å²) in [6.45, 7) is 1.76. The van der Waals surface area contributed by atoms with E-state index in [4.69, 9.17) is 21.1 Å². The predicted octanol–water partition coefficient (Wildman–Crippen LogP) is 6.93. The lowest BCUT2D eigenvalue weighted by Crippen LogP contribution is -2.57. The van der Waals surface area contributed by atoms with Gasteiger partial charge in [0.2, 0.25) is 5.75 Å². The second kappa shape index (κ2) is 12.7. The number of rotatable bonds is 9. The molecule has 0 atom stereocenters. The topological polar surface area (TPSA) is 162 Å². The van der Waals surface area contributed by atoms with E-state index in [1.807, 2.05) is 0 Å². The summed E-state index contributed by atoms with van der Waals surface area (Å²) in [6.07, 6.45) is 1.25. The molecule has 1 aliphatic rings. The van der Waals surface area contributed by atoms with Crippen LogP contribution in [0.2, 0.25) is 5.02 Å². The maximum atomic E-state index is 13.7. The molecule has 0 aromatic heterocycles. The molecule has 1 aliphatic heterocycles. The normalized spacial score (nSPS) is 13.1. The summed E-state index contributed by atoms with van der Waals surface area (Å²) in [5, 5.41) is 22.6. The van der Waals surface area contributed by atoms with Gasteiger partial charge in [0, 0.05) is 6.07 Å². The van der Waals surface area contributed by atoms with Crippen molar-refractivity contribution in [1.82, 2.24) is 0 Å². The molecule has 4 amide bonds. The number of ether oxygens (including phenoxy) is 2. The molecule has 0 saturated carbocycles.